The summed E-state index contributed by atoms with van der Waals surface area (Å²) in [7, 11) is 0. The van der Waals surface area contributed by atoms with Gasteiger partial charge in [0.1, 0.15) is 6.04 Å². The Kier molecular flexibility index (Phi) is 5.60. The zero-order chi connectivity index (χ0) is 15.2. The summed E-state index contributed by atoms with van der Waals surface area (Å²) in [5, 5.41) is 10.1. The maximum Gasteiger partial charge on any atom is 0.222 e. The lowest BCUT2D eigenvalue weighted by Crippen LogP contribution is -2.49. The van der Waals surface area contributed by atoms with Crippen LogP contribution in [0.4, 0.5) is 0 Å². The van der Waals surface area contributed by atoms with Gasteiger partial charge in [0.2, 0.25) is 5.91 Å². The highest BCUT2D eigenvalue weighted by molar-refractivity contribution is 6.30. The highest BCUT2D eigenvalue weighted by atomic mass is 35.5. The Bertz CT molecular complexity index is 515. The van der Waals surface area contributed by atoms with Crippen molar-refractivity contribution in [2.45, 2.75) is 25.8 Å². The van der Waals surface area contributed by atoms with Gasteiger partial charge in [-0.15, -0.1) is 0 Å². The molecule has 1 atom stereocenters. The van der Waals surface area contributed by atoms with Gasteiger partial charge in [-0.25, -0.2) is 0 Å². The van der Waals surface area contributed by atoms with E-state index >= 15 is 0 Å². The number of halogens is 1. The van der Waals surface area contributed by atoms with E-state index in [0.717, 1.165) is 25.1 Å². The van der Waals surface area contributed by atoms with E-state index in [9.17, 15) is 10.1 Å². The lowest BCUT2D eigenvalue weighted by molar-refractivity contribution is -0.133. The number of nitrogens with zero attached hydrogens (tertiary/aromatic N) is 3. The number of piperazine rings is 1. The average Bonchev–Trinajstić information content (AvgIpc) is 2.51. The van der Waals surface area contributed by atoms with Crippen LogP contribution in [0.2, 0.25) is 5.02 Å². The second kappa shape index (κ2) is 7.44. The second-order valence-electron chi connectivity index (χ2n) is 5.25. The normalized spacial score (nSPS) is 17.3. The van der Waals surface area contributed by atoms with E-state index in [4.69, 9.17) is 11.6 Å². The van der Waals surface area contributed by atoms with Crippen molar-refractivity contribution >= 4 is 17.5 Å². The molecule has 4 nitrogen and oxygen atoms in total. The molecule has 112 valence electrons. The number of nitriles is 1. The van der Waals surface area contributed by atoms with Crippen molar-refractivity contribution in [2.24, 2.45) is 0 Å². The third-order valence-electron chi connectivity index (χ3n) is 3.80. The Morgan fingerprint density at radius 2 is 1.90 bits per heavy atom. The molecule has 1 unspecified atom stereocenters. The molecule has 21 heavy (non-hydrogen) atoms. The van der Waals surface area contributed by atoms with Crippen LogP contribution in [0, 0.1) is 11.3 Å². The molecule has 1 aliphatic heterocycles. The van der Waals surface area contributed by atoms with E-state index in [2.05, 4.69) is 11.0 Å². The molecule has 1 saturated heterocycles. The molecule has 0 saturated carbocycles. The first kappa shape index (κ1) is 15.8. The minimum absolute atomic E-state index is 0.220. The molecule has 1 heterocycles. The van der Waals surface area contributed by atoms with Gasteiger partial charge in [-0.05, 0) is 24.1 Å². The quantitative estimate of drug-likeness (QED) is 0.859. The second-order valence-corrected chi connectivity index (χ2v) is 5.69. The first-order valence-corrected chi connectivity index (χ1v) is 7.70. The molecule has 1 aliphatic rings. The van der Waals surface area contributed by atoms with Crippen LogP contribution in [0.15, 0.2) is 24.3 Å². The third kappa shape index (κ3) is 3.96. The summed E-state index contributed by atoms with van der Waals surface area (Å²) >= 11 is 5.89. The lowest BCUT2D eigenvalue weighted by Gasteiger charge is -2.37. The summed E-state index contributed by atoms with van der Waals surface area (Å²) in [6.07, 6.45) is 1.49. The third-order valence-corrected chi connectivity index (χ3v) is 4.06. The summed E-state index contributed by atoms with van der Waals surface area (Å²) in [4.78, 5) is 15.9. The Morgan fingerprint density at radius 3 is 2.43 bits per heavy atom. The van der Waals surface area contributed by atoms with Crippen molar-refractivity contribution in [3.63, 3.8) is 0 Å². The van der Waals surface area contributed by atoms with Gasteiger partial charge in [-0.3, -0.25) is 9.69 Å². The predicted molar refractivity (Wildman–Crippen MR) is 82.9 cm³/mol. The fraction of sp³-hybridized carbons (Fsp3) is 0.500. The maximum absolute atomic E-state index is 11.9. The van der Waals surface area contributed by atoms with Crippen molar-refractivity contribution in [3.8, 4) is 6.07 Å². The summed E-state index contributed by atoms with van der Waals surface area (Å²) < 4.78 is 0. The van der Waals surface area contributed by atoms with Crippen molar-refractivity contribution in [2.75, 3.05) is 26.2 Å². The molecular weight excluding hydrogens is 286 g/mol. The van der Waals surface area contributed by atoms with Crippen molar-refractivity contribution in [1.29, 1.82) is 5.26 Å². The molecule has 0 radical (unpaired) electrons. The minimum atomic E-state index is -0.273. The molecule has 1 amide bonds. The van der Waals surface area contributed by atoms with Crippen LogP contribution >= 0.6 is 11.6 Å². The monoisotopic (exact) mass is 305 g/mol. The molecule has 0 bridgehead atoms. The van der Waals surface area contributed by atoms with Gasteiger partial charge in [-0.1, -0.05) is 30.7 Å². The largest absolute Gasteiger partial charge is 0.340 e. The van der Waals surface area contributed by atoms with E-state index in [0.29, 0.717) is 24.5 Å². The SMILES string of the molecule is CCCC(=O)N1CCN(C(C#N)c2ccc(Cl)cc2)CC1. The van der Waals surface area contributed by atoms with Crippen LogP contribution < -0.4 is 0 Å². The Labute approximate surface area is 130 Å². The summed E-state index contributed by atoms with van der Waals surface area (Å²) in [6.45, 7) is 4.88. The van der Waals surface area contributed by atoms with E-state index < -0.39 is 0 Å². The average molecular weight is 306 g/mol. The number of hydrogen-bond acceptors (Lipinski definition) is 3. The van der Waals surface area contributed by atoms with Gasteiger partial charge >= 0.3 is 0 Å². The molecular formula is C16H20ClN3O. The smallest absolute Gasteiger partial charge is 0.222 e. The fourth-order valence-electron chi connectivity index (χ4n) is 2.61. The van der Waals surface area contributed by atoms with Gasteiger partial charge in [0.25, 0.3) is 0 Å². The molecule has 0 aliphatic carbocycles. The molecule has 0 aromatic heterocycles. The van der Waals surface area contributed by atoms with Crippen LogP contribution in [0.25, 0.3) is 0 Å². The number of hydrogen-bond donors (Lipinski definition) is 0. The molecule has 5 heteroatoms. The van der Waals surface area contributed by atoms with E-state index in [1.165, 1.54) is 0 Å². The van der Waals surface area contributed by atoms with Gasteiger partial charge in [0, 0.05) is 37.6 Å². The Balaban J connectivity index is 1.98. The lowest BCUT2D eigenvalue weighted by atomic mass is 10.1. The minimum Gasteiger partial charge on any atom is -0.340 e. The molecule has 0 N–H and O–H groups in total. The Hall–Kier alpha value is -1.57. The summed E-state index contributed by atoms with van der Waals surface area (Å²) in [5.41, 5.74) is 0.954. The molecule has 2 rings (SSSR count). The van der Waals surface area contributed by atoms with Gasteiger partial charge in [-0.2, -0.15) is 5.26 Å². The molecule has 1 fully saturated rings. The standard InChI is InChI=1S/C16H20ClN3O/c1-2-3-16(21)20-10-8-19(9-11-20)15(12-18)13-4-6-14(17)7-5-13/h4-7,15H,2-3,8-11H2,1H3. The van der Waals surface area contributed by atoms with Gasteiger partial charge in [0.15, 0.2) is 0 Å². The van der Waals surface area contributed by atoms with Crippen LogP contribution in [-0.4, -0.2) is 41.9 Å². The topological polar surface area (TPSA) is 47.3 Å². The summed E-state index contributed by atoms with van der Waals surface area (Å²) in [5.74, 6) is 0.220. The highest BCUT2D eigenvalue weighted by Crippen LogP contribution is 2.23. The highest BCUT2D eigenvalue weighted by Gasteiger charge is 2.26. The number of carbonyl (C=O) groups excluding carboxylic acids is 1. The first-order valence-electron chi connectivity index (χ1n) is 7.32. The number of benzene rings is 1. The Morgan fingerprint density at radius 1 is 1.29 bits per heavy atom. The van der Waals surface area contributed by atoms with Gasteiger partial charge < -0.3 is 4.90 Å². The number of amides is 1. The van der Waals surface area contributed by atoms with Crippen molar-refractivity contribution < 1.29 is 4.79 Å². The van der Waals surface area contributed by atoms with Crippen LogP contribution in [0.5, 0.6) is 0 Å². The zero-order valence-electron chi connectivity index (χ0n) is 12.3. The molecule has 0 spiro atoms. The fourth-order valence-corrected chi connectivity index (χ4v) is 2.74. The number of carbonyl (C=O) groups is 1. The van der Waals surface area contributed by atoms with E-state index in [1.807, 2.05) is 36.1 Å². The summed E-state index contributed by atoms with van der Waals surface area (Å²) in [6, 6.07) is 9.49. The van der Waals surface area contributed by atoms with Crippen molar-refractivity contribution in [3.05, 3.63) is 34.9 Å². The van der Waals surface area contributed by atoms with Gasteiger partial charge in [0.05, 0.1) is 6.07 Å². The molecule has 1 aromatic rings. The first-order chi connectivity index (χ1) is 10.2. The van der Waals surface area contributed by atoms with Crippen LogP contribution in [0.3, 0.4) is 0 Å². The number of rotatable bonds is 4. The van der Waals surface area contributed by atoms with Crippen LogP contribution in [0.1, 0.15) is 31.4 Å². The predicted octanol–water partition coefficient (Wildman–Crippen LogP) is 2.85. The van der Waals surface area contributed by atoms with E-state index in [1.54, 1.807) is 0 Å². The van der Waals surface area contributed by atoms with Crippen molar-refractivity contribution in [1.82, 2.24) is 9.80 Å². The van der Waals surface area contributed by atoms with E-state index in [-0.39, 0.29) is 11.9 Å². The molecule has 1 aromatic carbocycles. The van der Waals surface area contributed by atoms with Crippen LogP contribution in [-0.2, 0) is 4.79 Å². The zero-order valence-corrected chi connectivity index (χ0v) is 13.0. The maximum atomic E-state index is 11.9.